The van der Waals surface area contributed by atoms with Gasteiger partial charge in [-0.1, -0.05) is 54.9 Å². The largest absolute Gasteiger partial charge is 0.493 e. The summed E-state index contributed by atoms with van der Waals surface area (Å²) in [5.41, 5.74) is 3.93. The predicted molar refractivity (Wildman–Crippen MR) is 159 cm³/mol. The van der Waals surface area contributed by atoms with E-state index in [1.807, 2.05) is 41.8 Å². The van der Waals surface area contributed by atoms with E-state index in [0.717, 1.165) is 16.8 Å². The Morgan fingerprint density at radius 2 is 1.86 bits per heavy atom. The predicted octanol–water partition coefficient (Wildman–Crippen LogP) is 2.87. The van der Waals surface area contributed by atoms with E-state index in [-0.39, 0.29) is 37.6 Å². The van der Waals surface area contributed by atoms with Gasteiger partial charge in [0.1, 0.15) is 17.4 Å². The number of amides is 1. The molecule has 5 rings (SSSR count). The Bertz CT molecular complexity index is 1650. The summed E-state index contributed by atoms with van der Waals surface area (Å²) in [5, 5.41) is 30.9. The topological polar surface area (TPSA) is 139 Å². The van der Waals surface area contributed by atoms with E-state index in [4.69, 9.17) is 21.3 Å². The molecular formula is C30H29BClN5O5. The molecule has 0 unspecified atom stereocenters. The lowest BCUT2D eigenvalue weighted by Gasteiger charge is -2.15. The number of Topliss-reactive ketones (excluding diaryl/α,β-unsaturated/α-hetero) is 1. The number of nitrogens with zero attached hydrogens (tertiary/aromatic N) is 4. The number of aromatic nitrogens is 3. The van der Waals surface area contributed by atoms with E-state index in [1.165, 1.54) is 0 Å². The summed E-state index contributed by atoms with van der Waals surface area (Å²) >= 11 is 6.17. The number of ketones is 1. The zero-order chi connectivity index (χ0) is 29.8. The Hall–Kier alpha value is -4.32. The van der Waals surface area contributed by atoms with E-state index in [9.17, 15) is 19.6 Å². The SMILES string of the molecule is CCC(=O)N[C@@H]1N=C(c2ccc(Cl)cc2)c2cc(OCCC(=O)Cc3cccc(B(O)O)c3)ccc2-n2c(C)nnc21. The molecule has 1 atom stereocenters. The van der Waals surface area contributed by atoms with Crippen LogP contribution in [0.3, 0.4) is 0 Å². The fourth-order valence-electron chi connectivity index (χ4n) is 4.75. The second-order valence-electron chi connectivity index (χ2n) is 9.86. The molecule has 1 aliphatic heterocycles. The van der Waals surface area contributed by atoms with Crippen molar-refractivity contribution in [1.29, 1.82) is 0 Å². The summed E-state index contributed by atoms with van der Waals surface area (Å²) in [5.74, 6) is 1.43. The van der Waals surface area contributed by atoms with Crippen molar-refractivity contribution in [3.8, 4) is 11.4 Å². The molecule has 0 aliphatic carbocycles. The lowest BCUT2D eigenvalue weighted by molar-refractivity contribution is -0.121. The summed E-state index contributed by atoms with van der Waals surface area (Å²) in [4.78, 5) is 30.0. The van der Waals surface area contributed by atoms with Gasteiger partial charge >= 0.3 is 7.12 Å². The lowest BCUT2D eigenvalue weighted by Crippen LogP contribution is -2.30. The number of rotatable bonds is 10. The number of nitrogens with one attached hydrogen (secondary N) is 1. The number of ether oxygens (including phenoxy) is 1. The zero-order valence-electron chi connectivity index (χ0n) is 23.1. The van der Waals surface area contributed by atoms with Crippen molar-refractivity contribution in [2.45, 2.75) is 39.3 Å². The number of carbonyl (C=O) groups excluding carboxylic acids is 2. The van der Waals surface area contributed by atoms with E-state index >= 15 is 0 Å². The molecule has 1 amide bonds. The van der Waals surface area contributed by atoms with E-state index in [2.05, 4.69) is 15.5 Å². The number of aliphatic imine (C=N–C) groups is 1. The van der Waals surface area contributed by atoms with Gasteiger partial charge in [0, 0.05) is 35.4 Å². The molecule has 214 valence electrons. The van der Waals surface area contributed by atoms with Gasteiger partial charge < -0.3 is 20.1 Å². The Morgan fingerprint density at radius 1 is 1.07 bits per heavy atom. The third-order valence-electron chi connectivity index (χ3n) is 6.85. The van der Waals surface area contributed by atoms with Gasteiger partial charge in [0.25, 0.3) is 0 Å². The van der Waals surface area contributed by atoms with Gasteiger partial charge in [-0.2, -0.15) is 0 Å². The first-order chi connectivity index (χ1) is 20.2. The van der Waals surface area contributed by atoms with Crippen LogP contribution >= 0.6 is 11.6 Å². The highest BCUT2D eigenvalue weighted by Crippen LogP contribution is 2.32. The van der Waals surface area contributed by atoms with E-state index in [1.54, 1.807) is 43.3 Å². The molecule has 3 aromatic carbocycles. The van der Waals surface area contributed by atoms with Crippen LogP contribution in [0.1, 0.15) is 54.3 Å². The van der Waals surface area contributed by atoms with Crippen LogP contribution in [0, 0.1) is 6.92 Å². The van der Waals surface area contributed by atoms with Crippen LogP contribution in [-0.2, 0) is 16.0 Å². The van der Waals surface area contributed by atoms with Crippen LogP contribution in [0.25, 0.3) is 5.69 Å². The number of hydrogen-bond acceptors (Lipinski definition) is 8. The Balaban J connectivity index is 1.43. The van der Waals surface area contributed by atoms with Crippen LogP contribution < -0.4 is 15.5 Å². The summed E-state index contributed by atoms with van der Waals surface area (Å²) in [7, 11) is -1.59. The second-order valence-corrected chi connectivity index (χ2v) is 10.3. The van der Waals surface area contributed by atoms with Crippen LogP contribution in [-0.4, -0.2) is 55.9 Å². The maximum Gasteiger partial charge on any atom is 0.488 e. The van der Waals surface area contributed by atoms with Crippen LogP contribution in [0.2, 0.25) is 5.02 Å². The van der Waals surface area contributed by atoms with Gasteiger partial charge in [-0.25, -0.2) is 0 Å². The number of hydrogen-bond donors (Lipinski definition) is 3. The van der Waals surface area contributed by atoms with Crippen molar-refractivity contribution in [1.82, 2.24) is 20.1 Å². The molecule has 1 aliphatic rings. The van der Waals surface area contributed by atoms with Gasteiger partial charge in [0.15, 0.2) is 12.0 Å². The number of benzene rings is 3. The first kappa shape index (κ1) is 29.2. The van der Waals surface area contributed by atoms with Gasteiger partial charge in [-0.15, -0.1) is 10.2 Å². The summed E-state index contributed by atoms with van der Waals surface area (Å²) in [6.07, 6.45) is -0.166. The maximum atomic E-state index is 12.6. The second kappa shape index (κ2) is 12.7. The van der Waals surface area contributed by atoms with Crippen molar-refractivity contribution in [3.63, 3.8) is 0 Å². The molecule has 1 aromatic heterocycles. The number of carbonyl (C=O) groups is 2. The minimum absolute atomic E-state index is 0.0444. The Kier molecular flexibility index (Phi) is 8.82. The van der Waals surface area contributed by atoms with Crippen molar-refractivity contribution in [2.24, 2.45) is 4.99 Å². The third-order valence-corrected chi connectivity index (χ3v) is 7.11. The number of halogens is 1. The molecule has 2 heterocycles. The molecule has 0 fully saturated rings. The normalized spacial score (nSPS) is 13.8. The summed E-state index contributed by atoms with van der Waals surface area (Å²) < 4.78 is 7.88. The Morgan fingerprint density at radius 3 is 2.60 bits per heavy atom. The standard InChI is InChI=1S/C30H29BClN5O5/c1-3-27(39)33-29-30-36-35-18(2)37(30)26-12-11-24(17-25(26)28(34-29)20-7-9-22(32)10-8-20)42-14-13-23(38)16-19-5-4-6-21(15-19)31(40)41/h4-12,15,17,29,40-41H,3,13-14,16H2,1-2H3,(H,33,39)/t29-/m1/s1. The maximum absolute atomic E-state index is 12.6. The molecule has 3 N–H and O–H groups in total. The fraction of sp³-hybridized carbons (Fsp3) is 0.233. The van der Waals surface area contributed by atoms with Gasteiger partial charge in [-0.05, 0) is 48.3 Å². The van der Waals surface area contributed by atoms with Crippen LogP contribution in [0.5, 0.6) is 5.75 Å². The first-order valence-electron chi connectivity index (χ1n) is 13.5. The third kappa shape index (κ3) is 6.43. The molecule has 0 bridgehead atoms. The first-order valence-corrected chi connectivity index (χ1v) is 13.9. The van der Waals surface area contributed by atoms with Crippen LogP contribution in [0.15, 0.2) is 71.7 Å². The molecule has 0 spiro atoms. The zero-order valence-corrected chi connectivity index (χ0v) is 23.9. The molecule has 4 aromatic rings. The number of fused-ring (bicyclic) bond motifs is 3. The number of aryl methyl sites for hydroxylation is 1. The molecular weight excluding hydrogens is 557 g/mol. The molecule has 12 heteroatoms. The molecule has 10 nitrogen and oxygen atoms in total. The average molecular weight is 586 g/mol. The van der Waals surface area contributed by atoms with Gasteiger partial charge in [-0.3, -0.25) is 19.1 Å². The molecule has 0 saturated carbocycles. The summed E-state index contributed by atoms with van der Waals surface area (Å²) in [6, 6.07) is 19.5. The highest BCUT2D eigenvalue weighted by molar-refractivity contribution is 6.58. The highest BCUT2D eigenvalue weighted by atomic mass is 35.5. The molecule has 0 saturated heterocycles. The smallest absolute Gasteiger partial charge is 0.488 e. The monoisotopic (exact) mass is 585 g/mol. The van der Waals surface area contributed by atoms with Crippen molar-refractivity contribution < 1.29 is 24.4 Å². The van der Waals surface area contributed by atoms with Crippen molar-refractivity contribution in [2.75, 3.05) is 6.61 Å². The minimum Gasteiger partial charge on any atom is -0.493 e. The minimum atomic E-state index is -1.59. The molecule has 0 radical (unpaired) electrons. The van der Waals surface area contributed by atoms with Crippen molar-refractivity contribution >= 4 is 41.6 Å². The van der Waals surface area contributed by atoms with Gasteiger partial charge in [0.2, 0.25) is 5.91 Å². The average Bonchev–Trinajstić information content (AvgIpc) is 3.30. The molecule has 42 heavy (non-hydrogen) atoms. The lowest BCUT2D eigenvalue weighted by atomic mass is 9.79. The van der Waals surface area contributed by atoms with E-state index < -0.39 is 13.3 Å². The Labute approximate surface area is 248 Å². The van der Waals surface area contributed by atoms with Crippen molar-refractivity contribution in [3.05, 3.63) is 100 Å². The fourth-order valence-corrected chi connectivity index (χ4v) is 4.88. The highest BCUT2D eigenvalue weighted by Gasteiger charge is 2.29. The van der Waals surface area contributed by atoms with Gasteiger partial charge in [0.05, 0.1) is 18.0 Å². The van der Waals surface area contributed by atoms with E-state index in [0.29, 0.717) is 39.2 Å². The summed E-state index contributed by atoms with van der Waals surface area (Å²) in [6.45, 7) is 3.75. The quantitative estimate of drug-likeness (QED) is 0.243. The van der Waals surface area contributed by atoms with Crippen LogP contribution in [0.4, 0.5) is 0 Å².